The van der Waals surface area contributed by atoms with Crippen LogP contribution in [0, 0.1) is 5.92 Å². The summed E-state index contributed by atoms with van der Waals surface area (Å²) in [7, 11) is 0. The maximum atomic E-state index is 3.83. The topological polar surface area (TPSA) is 12.0 Å². The molecule has 1 aliphatic carbocycles. The molecule has 2 heteroatoms. The van der Waals surface area contributed by atoms with Crippen LogP contribution in [0.15, 0.2) is 28.7 Å². The largest absolute Gasteiger partial charge is 0.307 e. The molecule has 0 aromatic heterocycles. The van der Waals surface area contributed by atoms with Crippen molar-refractivity contribution in [2.75, 3.05) is 0 Å². The van der Waals surface area contributed by atoms with E-state index in [0.717, 1.165) is 5.92 Å². The zero-order valence-corrected chi connectivity index (χ0v) is 13.0. The second-order valence-electron chi connectivity index (χ2n) is 5.67. The molecule has 0 radical (unpaired) electrons. The van der Waals surface area contributed by atoms with Crippen molar-refractivity contribution >= 4 is 15.9 Å². The van der Waals surface area contributed by atoms with E-state index in [-0.39, 0.29) is 0 Å². The molecule has 1 saturated carbocycles. The lowest BCUT2D eigenvalue weighted by atomic mass is 9.95. The van der Waals surface area contributed by atoms with Crippen LogP contribution >= 0.6 is 15.9 Å². The van der Waals surface area contributed by atoms with Crippen LogP contribution in [-0.2, 0) is 0 Å². The third-order valence-electron chi connectivity index (χ3n) is 4.17. The van der Waals surface area contributed by atoms with Crippen LogP contribution < -0.4 is 5.32 Å². The van der Waals surface area contributed by atoms with Gasteiger partial charge in [-0.25, -0.2) is 0 Å². The van der Waals surface area contributed by atoms with Gasteiger partial charge in [0.1, 0.15) is 0 Å². The summed E-state index contributed by atoms with van der Waals surface area (Å²) >= 11 is 3.55. The van der Waals surface area contributed by atoms with Crippen molar-refractivity contribution in [3.63, 3.8) is 0 Å². The standard InChI is InChI=1S/C16H24BrN/c1-12-7-4-3-5-10-16(12)18-13(2)14-8-6-9-15(17)11-14/h6,8-9,11-13,16,18H,3-5,7,10H2,1-2H3. The van der Waals surface area contributed by atoms with Crippen molar-refractivity contribution in [3.8, 4) is 0 Å². The minimum Gasteiger partial charge on any atom is -0.307 e. The van der Waals surface area contributed by atoms with E-state index in [1.54, 1.807) is 0 Å². The normalized spacial score (nSPS) is 26.6. The predicted molar refractivity (Wildman–Crippen MR) is 81.7 cm³/mol. The first-order valence-corrected chi connectivity index (χ1v) is 7.97. The fourth-order valence-electron chi connectivity index (χ4n) is 2.93. The monoisotopic (exact) mass is 309 g/mol. The van der Waals surface area contributed by atoms with Gasteiger partial charge < -0.3 is 5.32 Å². The number of hydrogen-bond donors (Lipinski definition) is 1. The summed E-state index contributed by atoms with van der Waals surface area (Å²) in [6.07, 6.45) is 6.91. The summed E-state index contributed by atoms with van der Waals surface area (Å²) < 4.78 is 1.17. The molecular weight excluding hydrogens is 286 g/mol. The Morgan fingerprint density at radius 2 is 2.00 bits per heavy atom. The van der Waals surface area contributed by atoms with Crippen molar-refractivity contribution in [3.05, 3.63) is 34.3 Å². The highest BCUT2D eigenvalue weighted by Crippen LogP contribution is 2.26. The lowest BCUT2D eigenvalue weighted by Crippen LogP contribution is -2.36. The molecule has 0 spiro atoms. The third-order valence-corrected chi connectivity index (χ3v) is 4.67. The predicted octanol–water partition coefficient (Wildman–Crippen LogP) is 5.07. The van der Waals surface area contributed by atoms with Gasteiger partial charge in [0.15, 0.2) is 0 Å². The zero-order valence-electron chi connectivity index (χ0n) is 11.5. The van der Waals surface area contributed by atoms with Crippen LogP contribution in [0.25, 0.3) is 0 Å². The Morgan fingerprint density at radius 3 is 2.78 bits per heavy atom. The molecule has 100 valence electrons. The molecule has 0 saturated heterocycles. The van der Waals surface area contributed by atoms with Crippen molar-refractivity contribution in [2.45, 2.75) is 58.0 Å². The van der Waals surface area contributed by atoms with Crippen molar-refractivity contribution in [2.24, 2.45) is 5.92 Å². The van der Waals surface area contributed by atoms with Crippen LogP contribution in [0.4, 0.5) is 0 Å². The molecule has 1 aromatic carbocycles. The van der Waals surface area contributed by atoms with Gasteiger partial charge in [0, 0.05) is 16.6 Å². The Morgan fingerprint density at radius 1 is 1.22 bits per heavy atom. The number of nitrogens with one attached hydrogen (secondary N) is 1. The minimum absolute atomic E-state index is 0.438. The van der Waals surface area contributed by atoms with Gasteiger partial charge in [0.2, 0.25) is 0 Å². The number of benzene rings is 1. The molecule has 1 aliphatic rings. The fourth-order valence-corrected chi connectivity index (χ4v) is 3.35. The molecule has 3 atom stereocenters. The Balaban J connectivity index is 1.99. The summed E-state index contributed by atoms with van der Waals surface area (Å²) in [6.45, 7) is 4.68. The van der Waals surface area contributed by atoms with Gasteiger partial charge in [0.05, 0.1) is 0 Å². The average molecular weight is 310 g/mol. The number of rotatable bonds is 3. The molecule has 3 unspecified atom stereocenters. The maximum absolute atomic E-state index is 3.83. The van der Waals surface area contributed by atoms with E-state index in [2.05, 4.69) is 59.4 Å². The zero-order chi connectivity index (χ0) is 13.0. The molecule has 0 bridgehead atoms. The summed E-state index contributed by atoms with van der Waals surface area (Å²) in [6, 6.07) is 9.76. The van der Waals surface area contributed by atoms with Gasteiger partial charge in [-0.15, -0.1) is 0 Å². The molecule has 0 amide bonds. The Labute approximate surface area is 119 Å². The Kier molecular flexibility index (Phi) is 5.25. The van der Waals surface area contributed by atoms with Crippen molar-refractivity contribution in [1.29, 1.82) is 0 Å². The van der Waals surface area contributed by atoms with Crippen LogP contribution in [0.1, 0.15) is 57.6 Å². The van der Waals surface area contributed by atoms with E-state index < -0.39 is 0 Å². The summed E-state index contributed by atoms with van der Waals surface area (Å²) in [5, 5.41) is 3.83. The first-order chi connectivity index (χ1) is 8.66. The average Bonchev–Trinajstić information content (AvgIpc) is 2.55. The number of halogens is 1. The molecule has 0 aliphatic heterocycles. The molecule has 1 nitrogen and oxygen atoms in total. The van der Waals surface area contributed by atoms with Gasteiger partial charge in [-0.2, -0.15) is 0 Å². The van der Waals surface area contributed by atoms with Gasteiger partial charge in [-0.05, 0) is 43.4 Å². The van der Waals surface area contributed by atoms with Gasteiger partial charge >= 0.3 is 0 Å². The maximum Gasteiger partial charge on any atom is 0.0294 e. The minimum atomic E-state index is 0.438. The lowest BCUT2D eigenvalue weighted by molar-refractivity contribution is 0.330. The third kappa shape index (κ3) is 3.83. The highest BCUT2D eigenvalue weighted by molar-refractivity contribution is 9.10. The Hall–Kier alpha value is -0.340. The van der Waals surface area contributed by atoms with E-state index in [1.807, 2.05) is 0 Å². The lowest BCUT2D eigenvalue weighted by Gasteiger charge is -2.27. The summed E-state index contributed by atoms with van der Waals surface area (Å²) in [5.74, 6) is 0.808. The first kappa shape index (κ1) is 14.1. The number of hydrogen-bond acceptors (Lipinski definition) is 1. The molecule has 18 heavy (non-hydrogen) atoms. The highest BCUT2D eigenvalue weighted by atomic mass is 79.9. The summed E-state index contributed by atoms with van der Waals surface area (Å²) in [5.41, 5.74) is 1.38. The second kappa shape index (κ2) is 6.72. The fraction of sp³-hybridized carbons (Fsp3) is 0.625. The Bertz CT molecular complexity index is 377. The van der Waals surface area contributed by atoms with Gasteiger partial charge in [-0.3, -0.25) is 0 Å². The molecule has 1 aromatic rings. The summed E-state index contributed by atoms with van der Waals surface area (Å²) in [4.78, 5) is 0. The van der Waals surface area contributed by atoms with Crippen molar-refractivity contribution < 1.29 is 0 Å². The molecule has 2 rings (SSSR count). The molecular formula is C16H24BrN. The van der Waals surface area contributed by atoms with E-state index in [4.69, 9.17) is 0 Å². The van der Waals surface area contributed by atoms with Crippen molar-refractivity contribution in [1.82, 2.24) is 5.32 Å². The molecule has 1 fully saturated rings. The highest BCUT2D eigenvalue weighted by Gasteiger charge is 2.21. The van der Waals surface area contributed by atoms with E-state index in [9.17, 15) is 0 Å². The van der Waals surface area contributed by atoms with Gasteiger partial charge in [-0.1, -0.05) is 54.2 Å². The van der Waals surface area contributed by atoms with E-state index in [0.29, 0.717) is 12.1 Å². The first-order valence-electron chi connectivity index (χ1n) is 7.18. The molecule has 0 heterocycles. The quantitative estimate of drug-likeness (QED) is 0.769. The van der Waals surface area contributed by atoms with E-state index >= 15 is 0 Å². The van der Waals surface area contributed by atoms with Gasteiger partial charge in [0.25, 0.3) is 0 Å². The SMILES string of the molecule is CC(NC1CCCCCC1C)c1cccc(Br)c1. The van der Waals surface area contributed by atoms with Crippen LogP contribution in [0.5, 0.6) is 0 Å². The van der Waals surface area contributed by atoms with Crippen LogP contribution in [0.2, 0.25) is 0 Å². The van der Waals surface area contributed by atoms with E-state index in [1.165, 1.54) is 42.1 Å². The second-order valence-corrected chi connectivity index (χ2v) is 6.58. The smallest absolute Gasteiger partial charge is 0.0294 e. The van der Waals surface area contributed by atoms with Crippen LogP contribution in [0.3, 0.4) is 0 Å². The van der Waals surface area contributed by atoms with Crippen LogP contribution in [-0.4, -0.2) is 6.04 Å². The molecule has 1 N–H and O–H groups in total.